The fraction of sp³-hybridized carbons (Fsp3) is 0.0870. The third-order valence-corrected chi connectivity index (χ3v) is 5.26. The van der Waals surface area contributed by atoms with Gasteiger partial charge < -0.3 is 5.11 Å². The number of carbonyl (C=O) groups is 1. The lowest BCUT2D eigenvalue weighted by molar-refractivity contribution is -0.117. The maximum Gasteiger partial charge on any atom is 0.294 e. The number of hydrogen-bond acceptors (Lipinski definition) is 2. The Balaban J connectivity index is 1.92. The summed E-state index contributed by atoms with van der Waals surface area (Å²) >= 11 is 3.52. The molecule has 27 heavy (non-hydrogen) atoms. The van der Waals surface area contributed by atoms with E-state index in [-0.39, 0.29) is 11.7 Å². The van der Waals surface area contributed by atoms with Crippen LogP contribution in [0.3, 0.4) is 0 Å². The minimum absolute atomic E-state index is 0.202. The zero-order valence-corrected chi connectivity index (χ0v) is 16.3. The summed E-state index contributed by atoms with van der Waals surface area (Å²) in [5.41, 5.74) is 4.27. The van der Waals surface area contributed by atoms with Crippen LogP contribution in [0.4, 0.5) is 5.69 Å². The quantitative estimate of drug-likeness (QED) is 0.581. The summed E-state index contributed by atoms with van der Waals surface area (Å²) in [5.74, 6) is -0.588. The molecule has 0 saturated heterocycles. The molecule has 4 rings (SSSR count). The molecule has 1 aliphatic rings. The summed E-state index contributed by atoms with van der Waals surface area (Å²) in [6.45, 7) is 2.01. The SMILES string of the molecule is Cc1ccc(N2C(=O)C(O)=C(c3ccccc3)[C@H]2c2cccc(Br)c2)cc1. The molecule has 3 nitrogen and oxygen atoms in total. The van der Waals surface area contributed by atoms with Crippen LogP contribution >= 0.6 is 15.9 Å². The van der Waals surface area contributed by atoms with Crippen molar-refractivity contribution in [3.05, 3.63) is 106 Å². The Bertz CT molecular complexity index is 1030. The number of aliphatic hydroxyl groups excluding tert-OH is 1. The molecule has 3 aromatic carbocycles. The van der Waals surface area contributed by atoms with Crippen molar-refractivity contribution in [3.8, 4) is 0 Å². The monoisotopic (exact) mass is 419 g/mol. The van der Waals surface area contributed by atoms with Gasteiger partial charge in [0, 0.05) is 15.7 Å². The molecule has 1 heterocycles. The van der Waals surface area contributed by atoms with Gasteiger partial charge in [0.2, 0.25) is 0 Å². The van der Waals surface area contributed by atoms with Crippen molar-refractivity contribution in [2.75, 3.05) is 4.90 Å². The molecule has 3 aromatic rings. The van der Waals surface area contributed by atoms with Crippen LogP contribution in [0.1, 0.15) is 22.7 Å². The van der Waals surface area contributed by atoms with Gasteiger partial charge in [-0.05, 0) is 42.3 Å². The Morgan fingerprint density at radius 2 is 1.63 bits per heavy atom. The first-order valence-electron chi connectivity index (χ1n) is 8.70. The summed E-state index contributed by atoms with van der Waals surface area (Å²) in [7, 11) is 0. The van der Waals surface area contributed by atoms with E-state index in [4.69, 9.17) is 0 Å². The number of halogens is 1. The highest BCUT2D eigenvalue weighted by atomic mass is 79.9. The molecule has 4 heteroatoms. The molecule has 0 aromatic heterocycles. The fourth-order valence-corrected chi connectivity index (χ4v) is 3.90. The van der Waals surface area contributed by atoms with E-state index < -0.39 is 6.04 Å². The molecule has 134 valence electrons. The second-order valence-corrected chi connectivity index (χ2v) is 7.51. The molecule has 1 atom stereocenters. The Kier molecular flexibility index (Phi) is 4.58. The van der Waals surface area contributed by atoms with E-state index in [1.807, 2.05) is 85.8 Å². The highest BCUT2D eigenvalue weighted by Crippen LogP contribution is 2.45. The molecular formula is C23H18BrNO2. The van der Waals surface area contributed by atoms with Crippen LogP contribution in [0.2, 0.25) is 0 Å². The maximum absolute atomic E-state index is 13.0. The lowest BCUT2D eigenvalue weighted by atomic mass is 9.93. The predicted octanol–water partition coefficient (Wildman–Crippen LogP) is 5.81. The van der Waals surface area contributed by atoms with Gasteiger partial charge in [-0.3, -0.25) is 9.69 Å². The van der Waals surface area contributed by atoms with Crippen molar-refractivity contribution < 1.29 is 9.90 Å². The van der Waals surface area contributed by atoms with E-state index in [2.05, 4.69) is 15.9 Å². The number of anilines is 1. The second-order valence-electron chi connectivity index (χ2n) is 6.60. The third kappa shape index (κ3) is 3.17. The van der Waals surface area contributed by atoms with E-state index in [0.717, 1.165) is 26.9 Å². The van der Waals surface area contributed by atoms with Gasteiger partial charge in [0.25, 0.3) is 5.91 Å². The van der Waals surface area contributed by atoms with Crippen LogP contribution in [0.5, 0.6) is 0 Å². The van der Waals surface area contributed by atoms with Crippen LogP contribution < -0.4 is 4.90 Å². The lowest BCUT2D eigenvalue weighted by Gasteiger charge is -2.27. The number of aryl methyl sites for hydroxylation is 1. The van der Waals surface area contributed by atoms with Crippen molar-refractivity contribution in [2.24, 2.45) is 0 Å². The van der Waals surface area contributed by atoms with Gasteiger partial charge in [0.15, 0.2) is 5.76 Å². The number of hydrogen-bond donors (Lipinski definition) is 1. The average Bonchev–Trinajstić information content (AvgIpc) is 2.94. The molecule has 0 radical (unpaired) electrons. The lowest BCUT2D eigenvalue weighted by Crippen LogP contribution is -2.30. The first-order valence-corrected chi connectivity index (χ1v) is 9.50. The number of carbonyl (C=O) groups excluding carboxylic acids is 1. The summed E-state index contributed by atoms with van der Waals surface area (Å²) in [5, 5.41) is 10.8. The highest BCUT2D eigenvalue weighted by molar-refractivity contribution is 9.10. The molecule has 1 amide bonds. The second kappa shape index (κ2) is 7.05. The van der Waals surface area contributed by atoms with Crippen LogP contribution in [-0.2, 0) is 4.79 Å². The van der Waals surface area contributed by atoms with Crippen LogP contribution in [0.25, 0.3) is 5.57 Å². The predicted molar refractivity (Wildman–Crippen MR) is 112 cm³/mol. The van der Waals surface area contributed by atoms with E-state index in [0.29, 0.717) is 5.57 Å². The van der Waals surface area contributed by atoms with Gasteiger partial charge in [-0.25, -0.2) is 0 Å². The van der Waals surface area contributed by atoms with E-state index in [1.165, 1.54) is 0 Å². The normalized spacial score (nSPS) is 16.9. The zero-order chi connectivity index (χ0) is 19.0. The van der Waals surface area contributed by atoms with Crippen LogP contribution in [0.15, 0.2) is 89.1 Å². The minimum Gasteiger partial charge on any atom is -0.503 e. The number of aliphatic hydroxyl groups is 1. The van der Waals surface area contributed by atoms with Gasteiger partial charge in [0.05, 0.1) is 6.04 Å². The van der Waals surface area contributed by atoms with Gasteiger partial charge in [-0.15, -0.1) is 0 Å². The molecule has 0 unspecified atom stereocenters. The Labute approximate surface area is 166 Å². The Morgan fingerprint density at radius 3 is 2.30 bits per heavy atom. The van der Waals surface area contributed by atoms with Crippen molar-refractivity contribution in [3.63, 3.8) is 0 Å². The largest absolute Gasteiger partial charge is 0.503 e. The first kappa shape index (κ1) is 17.6. The number of rotatable bonds is 3. The number of amides is 1. The maximum atomic E-state index is 13.0. The van der Waals surface area contributed by atoms with Crippen molar-refractivity contribution >= 4 is 33.1 Å². The summed E-state index contributed by atoms with van der Waals surface area (Å²) < 4.78 is 0.926. The summed E-state index contributed by atoms with van der Waals surface area (Å²) in [6, 6.07) is 24.8. The van der Waals surface area contributed by atoms with Crippen molar-refractivity contribution in [2.45, 2.75) is 13.0 Å². The summed E-state index contributed by atoms with van der Waals surface area (Å²) in [6.07, 6.45) is 0. The van der Waals surface area contributed by atoms with E-state index in [9.17, 15) is 9.90 Å². The van der Waals surface area contributed by atoms with Crippen molar-refractivity contribution in [1.82, 2.24) is 0 Å². The standard InChI is InChI=1S/C23H18BrNO2/c1-15-10-12-19(13-11-15)25-21(17-8-5-9-18(24)14-17)20(22(26)23(25)27)16-6-3-2-4-7-16/h2-14,21,26H,1H3/t21-/m1/s1. The molecule has 0 spiro atoms. The van der Waals surface area contributed by atoms with E-state index in [1.54, 1.807) is 4.90 Å². The molecule has 0 fully saturated rings. The van der Waals surface area contributed by atoms with Gasteiger partial charge in [0.1, 0.15) is 0 Å². The topological polar surface area (TPSA) is 40.5 Å². The molecule has 1 N–H and O–H groups in total. The molecular weight excluding hydrogens is 402 g/mol. The molecule has 0 bridgehead atoms. The van der Waals surface area contributed by atoms with Gasteiger partial charge in [-0.2, -0.15) is 0 Å². The van der Waals surface area contributed by atoms with Gasteiger partial charge in [-0.1, -0.05) is 76.1 Å². The number of benzene rings is 3. The smallest absolute Gasteiger partial charge is 0.294 e. The van der Waals surface area contributed by atoms with Gasteiger partial charge >= 0.3 is 0 Å². The third-order valence-electron chi connectivity index (χ3n) is 4.77. The minimum atomic E-state index is -0.403. The molecule has 0 saturated carbocycles. The fourth-order valence-electron chi connectivity index (χ4n) is 3.48. The Hall–Kier alpha value is -2.85. The highest BCUT2D eigenvalue weighted by Gasteiger charge is 2.41. The van der Waals surface area contributed by atoms with Crippen molar-refractivity contribution in [1.29, 1.82) is 0 Å². The summed E-state index contributed by atoms with van der Waals surface area (Å²) in [4.78, 5) is 14.7. The average molecular weight is 420 g/mol. The number of nitrogens with zero attached hydrogens (tertiary/aromatic N) is 1. The van der Waals surface area contributed by atoms with Crippen LogP contribution in [0, 0.1) is 6.92 Å². The first-order chi connectivity index (χ1) is 13.1. The van der Waals surface area contributed by atoms with Crippen LogP contribution in [-0.4, -0.2) is 11.0 Å². The zero-order valence-electron chi connectivity index (χ0n) is 14.8. The molecule has 1 aliphatic heterocycles. The Morgan fingerprint density at radius 1 is 0.926 bits per heavy atom. The van der Waals surface area contributed by atoms with E-state index >= 15 is 0 Å². The molecule has 0 aliphatic carbocycles.